The standard InChI is InChI=1S/C26H32N4O3/c1-17-14-19(26(33)29-20-7-3-2-4-8-20)10-13-23(17)27-16-24(31)28-22-9-5-6-18(15-22)25(32)30-21-11-12-21/h5-6,9-10,13-15,20-21,27H,2-4,7-8,11-12,16H2,1H3,(H,28,31)(H,29,33)(H,30,32). The van der Waals surface area contributed by atoms with Gasteiger partial charge < -0.3 is 21.3 Å². The molecule has 33 heavy (non-hydrogen) atoms. The number of carbonyl (C=O) groups excluding carboxylic acids is 3. The number of amides is 3. The van der Waals surface area contributed by atoms with E-state index in [4.69, 9.17) is 0 Å². The Bertz CT molecular complexity index is 1030. The number of rotatable bonds is 8. The van der Waals surface area contributed by atoms with Crippen molar-refractivity contribution in [1.82, 2.24) is 10.6 Å². The lowest BCUT2D eigenvalue weighted by Crippen LogP contribution is -2.36. The van der Waals surface area contributed by atoms with Crippen molar-refractivity contribution in [3.8, 4) is 0 Å². The van der Waals surface area contributed by atoms with E-state index in [-0.39, 0.29) is 36.3 Å². The van der Waals surface area contributed by atoms with Crippen LogP contribution in [0.4, 0.5) is 11.4 Å². The van der Waals surface area contributed by atoms with E-state index >= 15 is 0 Å². The highest BCUT2D eigenvalue weighted by Crippen LogP contribution is 2.21. The summed E-state index contributed by atoms with van der Waals surface area (Å²) in [6.07, 6.45) is 7.75. The van der Waals surface area contributed by atoms with Crippen LogP contribution in [0.1, 0.15) is 71.2 Å². The van der Waals surface area contributed by atoms with Gasteiger partial charge in [-0.15, -0.1) is 0 Å². The number of hydrogen-bond acceptors (Lipinski definition) is 4. The van der Waals surface area contributed by atoms with E-state index in [0.29, 0.717) is 16.8 Å². The summed E-state index contributed by atoms with van der Waals surface area (Å²) in [6, 6.07) is 13.0. The Balaban J connectivity index is 1.28. The lowest BCUT2D eigenvalue weighted by molar-refractivity contribution is -0.114. The van der Waals surface area contributed by atoms with Crippen molar-refractivity contribution in [1.29, 1.82) is 0 Å². The SMILES string of the molecule is Cc1cc(C(=O)NC2CCCCC2)ccc1NCC(=O)Nc1cccc(C(=O)NC2CC2)c1. The Hall–Kier alpha value is -3.35. The van der Waals surface area contributed by atoms with E-state index in [1.54, 1.807) is 30.3 Å². The molecule has 7 heteroatoms. The molecule has 0 heterocycles. The Morgan fingerprint density at radius 1 is 0.818 bits per heavy atom. The molecule has 3 amide bonds. The smallest absolute Gasteiger partial charge is 0.251 e. The molecule has 2 saturated carbocycles. The van der Waals surface area contributed by atoms with E-state index in [1.807, 2.05) is 19.1 Å². The Morgan fingerprint density at radius 3 is 2.15 bits per heavy atom. The summed E-state index contributed by atoms with van der Waals surface area (Å²) in [7, 11) is 0. The lowest BCUT2D eigenvalue weighted by atomic mass is 9.95. The summed E-state index contributed by atoms with van der Waals surface area (Å²) in [6.45, 7) is 1.99. The number of nitrogens with one attached hydrogen (secondary N) is 4. The van der Waals surface area contributed by atoms with Gasteiger partial charge in [-0.1, -0.05) is 25.3 Å². The minimum absolute atomic E-state index is 0.0418. The van der Waals surface area contributed by atoms with Crippen molar-refractivity contribution < 1.29 is 14.4 Å². The molecular formula is C26H32N4O3. The Morgan fingerprint density at radius 2 is 1.48 bits per heavy atom. The van der Waals surface area contributed by atoms with Gasteiger partial charge >= 0.3 is 0 Å². The second kappa shape index (κ2) is 10.5. The van der Waals surface area contributed by atoms with E-state index < -0.39 is 0 Å². The first-order valence-corrected chi connectivity index (χ1v) is 11.8. The highest BCUT2D eigenvalue weighted by molar-refractivity contribution is 5.98. The maximum atomic E-state index is 12.6. The molecular weight excluding hydrogens is 416 g/mol. The van der Waals surface area contributed by atoms with Crippen LogP contribution in [-0.4, -0.2) is 36.3 Å². The molecule has 2 aromatic carbocycles. The van der Waals surface area contributed by atoms with Gasteiger partial charge in [0.15, 0.2) is 0 Å². The molecule has 2 fully saturated rings. The second-order valence-corrected chi connectivity index (χ2v) is 9.07. The molecule has 0 bridgehead atoms. The van der Waals surface area contributed by atoms with Crippen molar-refractivity contribution in [3.05, 3.63) is 59.2 Å². The summed E-state index contributed by atoms with van der Waals surface area (Å²) in [4.78, 5) is 37.2. The van der Waals surface area contributed by atoms with Crippen molar-refractivity contribution in [2.45, 2.75) is 64.0 Å². The maximum absolute atomic E-state index is 12.6. The molecule has 174 valence electrons. The zero-order valence-corrected chi connectivity index (χ0v) is 19.1. The fourth-order valence-electron chi connectivity index (χ4n) is 4.13. The highest BCUT2D eigenvalue weighted by atomic mass is 16.2. The Kier molecular flexibility index (Phi) is 7.27. The summed E-state index contributed by atoms with van der Waals surface area (Å²) in [5.41, 5.74) is 3.45. The van der Waals surface area contributed by atoms with E-state index in [9.17, 15) is 14.4 Å². The number of benzene rings is 2. The summed E-state index contributed by atoms with van der Waals surface area (Å²) < 4.78 is 0. The van der Waals surface area contributed by atoms with Crippen molar-refractivity contribution in [3.63, 3.8) is 0 Å². The van der Waals surface area contributed by atoms with Crippen LogP contribution in [0, 0.1) is 6.92 Å². The maximum Gasteiger partial charge on any atom is 0.251 e. The third-order valence-corrected chi connectivity index (χ3v) is 6.19. The van der Waals surface area contributed by atoms with Gasteiger partial charge in [0.25, 0.3) is 11.8 Å². The molecule has 0 atom stereocenters. The average Bonchev–Trinajstić information content (AvgIpc) is 3.63. The van der Waals surface area contributed by atoms with Crippen molar-refractivity contribution in [2.24, 2.45) is 0 Å². The van der Waals surface area contributed by atoms with E-state index in [1.165, 1.54) is 19.3 Å². The first-order valence-electron chi connectivity index (χ1n) is 11.8. The van der Waals surface area contributed by atoms with Crippen LogP contribution in [0.25, 0.3) is 0 Å². The van der Waals surface area contributed by atoms with Gasteiger partial charge in [-0.3, -0.25) is 14.4 Å². The van der Waals surface area contributed by atoms with Crippen LogP contribution in [0.15, 0.2) is 42.5 Å². The summed E-state index contributed by atoms with van der Waals surface area (Å²) in [5, 5.41) is 12.0. The molecule has 0 saturated heterocycles. The van der Waals surface area contributed by atoms with Crippen LogP contribution in [0.5, 0.6) is 0 Å². The Labute approximate surface area is 194 Å². The van der Waals surface area contributed by atoms with Gasteiger partial charge in [0, 0.05) is 34.6 Å². The highest BCUT2D eigenvalue weighted by Gasteiger charge is 2.24. The molecule has 0 spiro atoms. The molecule has 7 nitrogen and oxygen atoms in total. The van der Waals surface area contributed by atoms with E-state index in [2.05, 4.69) is 21.3 Å². The minimum atomic E-state index is -0.215. The lowest BCUT2D eigenvalue weighted by Gasteiger charge is -2.23. The summed E-state index contributed by atoms with van der Waals surface area (Å²) in [5.74, 6) is -0.372. The minimum Gasteiger partial charge on any atom is -0.376 e. The van der Waals surface area contributed by atoms with Gasteiger partial charge in [0.2, 0.25) is 5.91 Å². The first-order chi connectivity index (χ1) is 16.0. The zero-order valence-electron chi connectivity index (χ0n) is 19.1. The van der Waals surface area contributed by atoms with Gasteiger partial charge in [-0.05, 0) is 74.6 Å². The molecule has 4 rings (SSSR count). The monoisotopic (exact) mass is 448 g/mol. The molecule has 0 aromatic heterocycles. The third-order valence-electron chi connectivity index (χ3n) is 6.19. The quantitative estimate of drug-likeness (QED) is 0.490. The largest absolute Gasteiger partial charge is 0.376 e. The molecule has 2 aliphatic rings. The molecule has 0 aliphatic heterocycles. The van der Waals surface area contributed by atoms with Gasteiger partial charge in [-0.2, -0.15) is 0 Å². The fraction of sp³-hybridized carbons (Fsp3) is 0.423. The van der Waals surface area contributed by atoms with Gasteiger partial charge in [0.1, 0.15) is 0 Å². The second-order valence-electron chi connectivity index (χ2n) is 9.07. The van der Waals surface area contributed by atoms with E-state index in [0.717, 1.165) is 36.9 Å². The number of carbonyl (C=O) groups is 3. The number of anilines is 2. The predicted molar refractivity (Wildman–Crippen MR) is 130 cm³/mol. The molecule has 0 unspecified atom stereocenters. The van der Waals surface area contributed by atoms with Crippen molar-refractivity contribution >= 4 is 29.1 Å². The van der Waals surface area contributed by atoms with Crippen LogP contribution < -0.4 is 21.3 Å². The van der Waals surface area contributed by atoms with Crippen LogP contribution in [-0.2, 0) is 4.79 Å². The third kappa shape index (κ3) is 6.57. The first kappa shape index (κ1) is 22.8. The number of hydrogen-bond donors (Lipinski definition) is 4. The fourth-order valence-corrected chi connectivity index (χ4v) is 4.13. The predicted octanol–water partition coefficient (Wildman–Crippen LogP) is 4.00. The molecule has 2 aromatic rings. The van der Waals surface area contributed by atoms with Gasteiger partial charge in [0.05, 0.1) is 6.54 Å². The molecule has 2 aliphatic carbocycles. The van der Waals surface area contributed by atoms with Gasteiger partial charge in [-0.25, -0.2) is 0 Å². The topological polar surface area (TPSA) is 99.3 Å². The summed E-state index contributed by atoms with van der Waals surface area (Å²) >= 11 is 0. The molecule has 4 N–H and O–H groups in total. The van der Waals surface area contributed by atoms with Crippen molar-refractivity contribution in [2.75, 3.05) is 17.2 Å². The van der Waals surface area contributed by atoms with Crippen LogP contribution in [0.3, 0.4) is 0 Å². The molecule has 0 radical (unpaired) electrons. The van der Waals surface area contributed by atoms with Crippen LogP contribution >= 0.6 is 0 Å². The zero-order chi connectivity index (χ0) is 23.2. The van der Waals surface area contributed by atoms with Crippen LogP contribution in [0.2, 0.25) is 0 Å². The normalized spacial score (nSPS) is 16.0. The average molecular weight is 449 g/mol. The number of aryl methyl sites for hydroxylation is 1.